The maximum absolute atomic E-state index is 12.4. The SMILES string of the molecule is CC(C)Nc1cc(C(=O)Nc2ccc(OCc3ccc(Cl)cc3)cc2)ncn1. The van der Waals surface area contributed by atoms with Gasteiger partial charge in [-0.2, -0.15) is 0 Å². The fraction of sp³-hybridized carbons (Fsp3) is 0.190. The maximum Gasteiger partial charge on any atom is 0.274 e. The third kappa shape index (κ3) is 5.69. The van der Waals surface area contributed by atoms with Gasteiger partial charge in [0.05, 0.1) is 0 Å². The Morgan fingerprint density at radius 3 is 2.46 bits per heavy atom. The molecular weight excluding hydrogens is 376 g/mol. The molecule has 3 aromatic rings. The lowest BCUT2D eigenvalue weighted by molar-refractivity contribution is 0.102. The normalized spacial score (nSPS) is 10.6. The number of aromatic nitrogens is 2. The predicted molar refractivity (Wildman–Crippen MR) is 111 cm³/mol. The van der Waals surface area contributed by atoms with Gasteiger partial charge >= 0.3 is 0 Å². The van der Waals surface area contributed by atoms with Crippen molar-refractivity contribution < 1.29 is 9.53 Å². The number of halogens is 1. The molecule has 0 aliphatic carbocycles. The van der Waals surface area contributed by atoms with Gasteiger partial charge in [0.2, 0.25) is 0 Å². The topological polar surface area (TPSA) is 76.1 Å². The Bertz CT molecular complexity index is 928. The number of amides is 1. The average molecular weight is 397 g/mol. The average Bonchev–Trinajstić information content (AvgIpc) is 2.68. The van der Waals surface area contributed by atoms with Crippen molar-refractivity contribution in [3.63, 3.8) is 0 Å². The van der Waals surface area contributed by atoms with Gasteiger partial charge in [0.15, 0.2) is 0 Å². The second-order valence-corrected chi connectivity index (χ2v) is 6.92. The Balaban J connectivity index is 1.57. The van der Waals surface area contributed by atoms with E-state index in [1.54, 1.807) is 30.3 Å². The van der Waals surface area contributed by atoms with Crippen molar-refractivity contribution >= 4 is 29.0 Å². The smallest absolute Gasteiger partial charge is 0.274 e. The summed E-state index contributed by atoms with van der Waals surface area (Å²) in [4.78, 5) is 20.5. The van der Waals surface area contributed by atoms with Crippen LogP contribution in [0, 0.1) is 0 Å². The summed E-state index contributed by atoms with van der Waals surface area (Å²) in [6.07, 6.45) is 1.37. The van der Waals surface area contributed by atoms with Crippen LogP contribution < -0.4 is 15.4 Å². The van der Waals surface area contributed by atoms with Gasteiger partial charge in [0, 0.05) is 22.8 Å². The molecule has 28 heavy (non-hydrogen) atoms. The molecule has 0 atom stereocenters. The van der Waals surface area contributed by atoms with Crippen molar-refractivity contribution in [1.82, 2.24) is 9.97 Å². The van der Waals surface area contributed by atoms with Crippen LogP contribution in [0.25, 0.3) is 0 Å². The molecular formula is C21H21ClN4O2. The van der Waals surface area contributed by atoms with Gasteiger partial charge in [0.1, 0.15) is 30.2 Å². The summed E-state index contributed by atoms with van der Waals surface area (Å²) in [5.74, 6) is 1.02. The molecule has 144 valence electrons. The molecule has 2 aromatic carbocycles. The van der Waals surface area contributed by atoms with Gasteiger partial charge in [-0.1, -0.05) is 23.7 Å². The molecule has 0 spiro atoms. The maximum atomic E-state index is 12.4. The zero-order valence-corrected chi connectivity index (χ0v) is 16.4. The number of carbonyl (C=O) groups excluding carboxylic acids is 1. The number of carbonyl (C=O) groups is 1. The zero-order valence-electron chi connectivity index (χ0n) is 15.6. The molecule has 2 N–H and O–H groups in total. The minimum absolute atomic E-state index is 0.214. The van der Waals surface area contributed by atoms with Crippen LogP contribution in [-0.2, 0) is 6.61 Å². The van der Waals surface area contributed by atoms with Crippen LogP contribution in [-0.4, -0.2) is 21.9 Å². The van der Waals surface area contributed by atoms with Crippen LogP contribution in [0.15, 0.2) is 60.9 Å². The fourth-order valence-electron chi connectivity index (χ4n) is 2.43. The molecule has 0 aliphatic rings. The molecule has 3 rings (SSSR count). The van der Waals surface area contributed by atoms with Crippen LogP contribution in [0.4, 0.5) is 11.5 Å². The summed E-state index contributed by atoms with van der Waals surface area (Å²) in [5.41, 5.74) is 1.97. The Kier molecular flexibility index (Phi) is 6.45. The quantitative estimate of drug-likeness (QED) is 0.601. The number of hydrogen-bond donors (Lipinski definition) is 2. The Hall–Kier alpha value is -3.12. The highest BCUT2D eigenvalue weighted by Gasteiger charge is 2.10. The molecule has 0 saturated heterocycles. The number of rotatable bonds is 7. The summed E-state index contributed by atoms with van der Waals surface area (Å²) in [7, 11) is 0. The van der Waals surface area contributed by atoms with Crippen LogP contribution in [0.2, 0.25) is 5.02 Å². The lowest BCUT2D eigenvalue weighted by atomic mass is 10.2. The molecule has 0 unspecified atom stereocenters. The van der Waals surface area contributed by atoms with E-state index in [4.69, 9.17) is 16.3 Å². The Morgan fingerprint density at radius 2 is 1.79 bits per heavy atom. The van der Waals surface area contributed by atoms with Crippen LogP contribution in [0.5, 0.6) is 5.75 Å². The van der Waals surface area contributed by atoms with E-state index in [1.807, 2.05) is 38.1 Å². The Morgan fingerprint density at radius 1 is 1.07 bits per heavy atom. The third-order valence-electron chi connectivity index (χ3n) is 3.77. The monoisotopic (exact) mass is 396 g/mol. The number of nitrogens with zero attached hydrogens (tertiary/aromatic N) is 2. The van der Waals surface area contributed by atoms with Gasteiger partial charge in [0.25, 0.3) is 5.91 Å². The molecule has 0 fully saturated rings. The van der Waals surface area contributed by atoms with Gasteiger partial charge in [-0.15, -0.1) is 0 Å². The molecule has 1 amide bonds. The fourth-order valence-corrected chi connectivity index (χ4v) is 2.56. The molecule has 0 aliphatic heterocycles. The zero-order chi connectivity index (χ0) is 19.9. The molecule has 0 bridgehead atoms. The molecule has 0 saturated carbocycles. The second kappa shape index (κ2) is 9.19. The first kappa shape index (κ1) is 19.6. The van der Waals surface area contributed by atoms with E-state index in [-0.39, 0.29) is 11.9 Å². The van der Waals surface area contributed by atoms with E-state index in [0.29, 0.717) is 34.6 Å². The number of anilines is 2. The second-order valence-electron chi connectivity index (χ2n) is 6.48. The predicted octanol–water partition coefficient (Wildman–Crippen LogP) is 4.78. The largest absolute Gasteiger partial charge is 0.489 e. The Labute approximate surface area is 168 Å². The summed E-state index contributed by atoms with van der Waals surface area (Å²) in [5, 5.41) is 6.66. The van der Waals surface area contributed by atoms with Gasteiger partial charge in [-0.3, -0.25) is 4.79 Å². The van der Waals surface area contributed by atoms with E-state index in [2.05, 4.69) is 20.6 Å². The van der Waals surface area contributed by atoms with E-state index in [1.165, 1.54) is 6.33 Å². The molecule has 0 radical (unpaired) electrons. The molecule has 1 heterocycles. The minimum atomic E-state index is -0.302. The standard InChI is InChI=1S/C21H21ClN4O2/c1-14(2)25-20-11-19(23-13-24-20)21(27)26-17-7-9-18(10-8-17)28-12-15-3-5-16(22)6-4-15/h3-11,13-14H,12H2,1-2H3,(H,26,27)(H,23,24,25). The summed E-state index contributed by atoms with van der Waals surface area (Å²) in [6, 6.07) is 16.5. The third-order valence-corrected chi connectivity index (χ3v) is 4.02. The summed E-state index contributed by atoms with van der Waals surface area (Å²) >= 11 is 5.88. The highest BCUT2D eigenvalue weighted by molar-refractivity contribution is 6.30. The van der Waals surface area contributed by atoms with E-state index in [0.717, 1.165) is 5.56 Å². The van der Waals surface area contributed by atoms with Crippen LogP contribution >= 0.6 is 11.6 Å². The van der Waals surface area contributed by atoms with Gasteiger partial charge < -0.3 is 15.4 Å². The highest BCUT2D eigenvalue weighted by atomic mass is 35.5. The lowest BCUT2D eigenvalue weighted by Crippen LogP contribution is -2.16. The minimum Gasteiger partial charge on any atom is -0.489 e. The highest BCUT2D eigenvalue weighted by Crippen LogP contribution is 2.18. The van der Waals surface area contributed by atoms with Crippen molar-refractivity contribution in [2.24, 2.45) is 0 Å². The van der Waals surface area contributed by atoms with Crippen molar-refractivity contribution in [1.29, 1.82) is 0 Å². The number of benzene rings is 2. The first-order valence-corrected chi connectivity index (χ1v) is 9.24. The van der Waals surface area contributed by atoms with Crippen LogP contribution in [0.1, 0.15) is 29.9 Å². The van der Waals surface area contributed by atoms with Crippen molar-refractivity contribution in [3.8, 4) is 5.75 Å². The first-order valence-electron chi connectivity index (χ1n) is 8.87. The molecule has 7 heteroatoms. The van der Waals surface area contributed by atoms with Crippen molar-refractivity contribution in [2.45, 2.75) is 26.5 Å². The van der Waals surface area contributed by atoms with Crippen molar-refractivity contribution in [2.75, 3.05) is 10.6 Å². The van der Waals surface area contributed by atoms with E-state index < -0.39 is 0 Å². The van der Waals surface area contributed by atoms with Gasteiger partial charge in [-0.05, 0) is 55.8 Å². The van der Waals surface area contributed by atoms with Gasteiger partial charge in [-0.25, -0.2) is 9.97 Å². The first-order chi connectivity index (χ1) is 13.5. The number of ether oxygens (including phenoxy) is 1. The van der Waals surface area contributed by atoms with Crippen LogP contribution in [0.3, 0.4) is 0 Å². The summed E-state index contributed by atoms with van der Waals surface area (Å²) in [6.45, 7) is 4.44. The molecule has 1 aromatic heterocycles. The summed E-state index contributed by atoms with van der Waals surface area (Å²) < 4.78 is 5.74. The molecule has 6 nitrogen and oxygen atoms in total. The van der Waals surface area contributed by atoms with E-state index in [9.17, 15) is 4.79 Å². The van der Waals surface area contributed by atoms with E-state index >= 15 is 0 Å². The number of nitrogens with one attached hydrogen (secondary N) is 2. The number of hydrogen-bond acceptors (Lipinski definition) is 5. The lowest BCUT2D eigenvalue weighted by Gasteiger charge is -2.10. The van der Waals surface area contributed by atoms with Crippen molar-refractivity contribution in [3.05, 3.63) is 77.2 Å².